The number of nitrogens with one attached hydrogen (secondary N) is 2. The number of anilines is 1. The number of rotatable bonds is 3. The Morgan fingerprint density at radius 3 is 2.70 bits per heavy atom. The molecule has 0 amide bonds. The van der Waals surface area contributed by atoms with Crippen LogP contribution in [0, 0.1) is 5.82 Å². The first kappa shape index (κ1) is 16.3. The SMILES string of the molecule is Fc1ccccc1N1C=c2c3c([nH]c2=CC1)CNC(Cc1ccccc1)C3. The van der Waals surface area contributed by atoms with E-state index in [2.05, 4.69) is 52.9 Å². The number of hydrogen-bond donors (Lipinski definition) is 2. The lowest BCUT2D eigenvalue weighted by Crippen LogP contribution is -2.41. The predicted octanol–water partition coefficient (Wildman–Crippen LogP) is 2.45. The maximum Gasteiger partial charge on any atom is 0.146 e. The summed E-state index contributed by atoms with van der Waals surface area (Å²) in [6.45, 7) is 1.52. The molecule has 27 heavy (non-hydrogen) atoms. The Morgan fingerprint density at radius 1 is 1.04 bits per heavy atom. The number of nitrogens with zero attached hydrogens (tertiary/aromatic N) is 1. The largest absolute Gasteiger partial charge is 0.357 e. The van der Waals surface area contributed by atoms with Crippen molar-refractivity contribution in [1.29, 1.82) is 0 Å². The van der Waals surface area contributed by atoms with Crippen LogP contribution in [0.1, 0.15) is 16.8 Å². The van der Waals surface area contributed by atoms with E-state index in [1.807, 2.05) is 17.0 Å². The van der Waals surface area contributed by atoms with Crippen molar-refractivity contribution in [3.8, 4) is 0 Å². The normalized spacial score (nSPS) is 18.3. The summed E-state index contributed by atoms with van der Waals surface area (Å²) in [4.78, 5) is 5.56. The molecule has 4 heteroatoms. The van der Waals surface area contributed by atoms with Crippen LogP contribution in [-0.2, 0) is 19.4 Å². The van der Waals surface area contributed by atoms with Crippen LogP contribution in [0.2, 0.25) is 0 Å². The molecule has 1 unspecified atom stereocenters. The van der Waals surface area contributed by atoms with E-state index in [1.54, 1.807) is 6.07 Å². The van der Waals surface area contributed by atoms with Crippen molar-refractivity contribution in [3.63, 3.8) is 0 Å². The van der Waals surface area contributed by atoms with Crippen LogP contribution in [0.15, 0.2) is 54.6 Å². The number of aromatic nitrogens is 1. The first-order chi connectivity index (χ1) is 13.3. The van der Waals surface area contributed by atoms with E-state index in [0.717, 1.165) is 24.7 Å². The zero-order chi connectivity index (χ0) is 18.2. The number of halogens is 1. The lowest BCUT2D eigenvalue weighted by Gasteiger charge is -2.25. The summed E-state index contributed by atoms with van der Waals surface area (Å²) in [6.07, 6.45) is 6.26. The van der Waals surface area contributed by atoms with Crippen LogP contribution in [0.3, 0.4) is 0 Å². The molecule has 0 radical (unpaired) electrons. The summed E-state index contributed by atoms with van der Waals surface area (Å²) >= 11 is 0. The summed E-state index contributed by atoms with van der Waals surface area (Å²) in [5.41, 5.74) is 4.60. The molecule has 0 spiro atoms. The zero-order valence-corrected chi connectivity index (χ0v) is 15.1. The highest BCUT2D eigenvalue weighted by Crippen LogP contribution is 2.20. The molecule has 2 aliphatic rings. The highest BCUT2D eigenvalue weighted by Gasteiger charge is 2.23. The van der Waals surface area contributed by atoms with Gasteiger partial charge in [0.1, 0.15) is 5.82 Å². The highest BCUT2D eigenvalue weighted by molar-refractivity contribution is 5.64. The van der Waals surface area contributed by atoms with E-state index < -0.39 is 0 Å². The third-order valence-corrected chi connectivity index (χ3v) is 5.55. The number of H-pyrrole nitrogens is 1. The van der Waals surface area contributed by atoms with Gasteiger partial charge < -0.3 is 15.2 Å². The van der Waals surface area contributed by atoms with Gasteiger partial charge in [-0.25, -0.2) is 4.39 Å². The average Bonchev–Trinajstić information content (AvgIpc) is 3.06. The smallest absolute Gasteiger partial charge is 0.146 e. The van der Waals surface area contributed by atoms with Gasteiger partial charge in [-0.2, -0.15) is 0 Å². The fourth-order valence-electron chi connectivity index (χ4n) is 4.18. The molecule has 2 aromatic carbocycles. The van der Waals surface area contributed by atoms with Crippen molar-refractivity contribution in [2.24, 2.45) is 0 Å². The monoisotopic (exact) mass is 359 g/mol. The number of benzene rings is 2. The standard InChI is InChI=1S/C23H22FN3/c24-20-8-4-5-9-23(20)27-11-10-21-19(15-27)18-13-17(25-14-22(18)26-21)12-16-6-2-1-3-7-16/h1-10,15,17,25-26H,11-14H2. The van der Waals surface area contributed by atoms with E-state index in [-0.39, 0.29) is 5.82 Å². The van der Waals surface area contributed by atoms with Gasteiger partial charge in [0.05, 0.1) is 5.69 Å². The Hall–Kier alpha value is -2.85. The van der Waals surface area contributed by atoms with Crippen LogP contribution in [0.4, 0.5) is 10.1 Å². The molecule has 3 nitrogen and oxygen atoms in total. The molecular weight excluding hydrogens is 337 g/mol. The van der Waals surface area contributed by atoms with Crippen molar-refractivity contribution in [1.82, 2.24) is 10.3 Å². The molecule has 1 atom stereocenters. The second-order valence-electron chi connectivity index (χ2n) is 7.32. The molecule has 2 aliphatic heterocycles. The number of aromatic amines is 1. The number of hydrogen-bond acceptors (Lipinski definition) is 2. The van der Waals surface area contributed by atoms with Crippen molar-refractivity contribution in [2.75, 3.05) is 11.4 Å². The lowest BCUT2D eigenvalue weighted by molar-refractivity contribution is 0.472. The fourth-order valence-corrected chi connectivity index (χ4v) is 4.18. The van der Waals surface area contributed by atoms with E-state index in [1.165, 1.54) is 28.1 Å². The van der Waals surface area contributed by atoms with Crippen molar-refractivity contribution in [3.05, 3.63) is 87.8 Å². The first-order valence-electron chi connectivity index (χ1n) is 9.48. The number of fused-ring (bicyclic) bond motifs is 3. The first-order valence-corrected chi connectivity index (χ1v) is 9.48. The Bertz CT molecular complexity index is 1080. The molecule has 0 saturated carbocycles. The topological polar surface area (TPSA) is 31.1 Å². The van der Waals surface area contributed by atoms with Crippen LogP contribution < -0.4 is 20.8 Å². The molecule has 5 rings (SSSR count). The molecule has 2 N–H and O–H groups in total. The highest BCUT2D eigenvalue weighted by atomic mass is 19.1. The molecule has 0 aliphatic carbocycles. The van der Waals surface area contributed by atoms with Gasteiger partial charge in [-0.1, -0.05) is 42.5 Å². The summed E-state index contributed by atoms with van der Waals surface area (Å²) < 4.78 is 14.2. The van der Waals surface area contributed by atoms with Crippen molar-refractivity contribution >= 4 is 18.0 Å². The van der Waals surface area contributed by atoms with E-state index in [4.69, 9.17) is 0 Å². The molecular formula is C23H22FN3. The van der Waals surface area contributed by atoms with Gasteiger partial charge >= 0.3 is 0 Å². The van der Waals surface area contributed by atoms with Crippen molar-refractivity contribution in [2.45, 2.75) is 25.4 Å². The van der Waals surface area contributed by atoms with E-state index in [0.29, 0.717) is 18.3 Å². The van der Waals surface area contributed by atoms with Gasteiger partial charge in [0.25, 0.3) is 0 Å². The van der Waals surface area contributed by atoms with E-state index >= 15 is 0 Å². The van der Waals surface area contributed by atoms with Gasteiger partial charge in [0.15, 0.2) is 0 Å². The zero-order valence-electron chi connectivity index (χ0n) is 15.1. The summed E-state index contributed by atoms with van der Waals surface area (Å²) in [6, 6.07) is 18.0. The Morgan fingerprint density at radius 2 is 1.85 bits per heavy atom. The Kier molecular flexibility index (Phi) is 4.06. The van der Waals surface area contributed by atoms with Gasteiger partial charge in [-0.3, -0.25) is 0 Å². The maximum atomic E-state index is 14.2. The maximum absolute atomic E-state index is 14.2. The van der Waals surface area contributed by atoms with Gasteiger partial charge in [0, 0.05) is 41.6 Å². The summed E-state index contributed by atoms with van der Waals surface area (Å²) in [5.74, 6) is -0.182. The third-order valence-electron chi connectivity index (χ3n) is 5.55. The molecule has 0 saturated heterocycles. The third kappa shape index (κ3) is 3.06. The summed E-state index contributed by atoms with van der Waals surface area (Å²) in [5, 5.41) is 6.02. The van der Waals surface area contributed by atoms with Crippen molar-refractivity contribution < 1.29 is 4.39 Å². The Labute approximate surface area is 157 Å². The average molecular weight is 359 g/mol. The van der Waals surface area contributed by atoms with E-state index in [9.17, 15) is 4.39 Å². The molecule has 1 aromatic heterocycles. The number of para-hydroxylation sites is 1. The Balaban J connectivity index is 1.47. The second-order valence-corrected chi connectivity index (χ2v) is 7.32. The fraction of sp³-hybridized carbons (Fsp3) is 0.217. The van der Waals surface area contributed by atoms with Gasteiger partial charge in [0.2, 0.25) is 0 Å². The molecule has 3 aromatic rings. The van der Waals surface area contributed by atoms with Crippen LogP contribution >= 0.6 is 0 Å². The minimum Gasteiger partial charge on any atom is -0.357 e. The molecule has 3 heterocycles. The van der Waals surface area contributed by atoms with Crippen LogP contribution in [-0.4, -0.2) is 17.6 Å². The lowest BCUT2D eigenvalue weighted by atomic mass is 9.95. The minimum atomic E-state index is -0.182. The van der Waals surface area contributed by atoms with Crippen LogP contribution in [0.5, 0.6) is 0 Å². The molecule has 136 valence electrons. The predicted molar refractivity (Wildman–Crippen MR) is 107 cm³/mol. The molecule has 0 fully saturated rings. The summed E-state index contributed by atoms with van der Waals surface area (Å²) in [7, 11) is 0. The van der Waals surface area contributed by atoms with Gasteiger partial charge in [-0.05, 0) is 42.2 Å². The minimum absolute atomic E-state index is 0.182. The molecule has 0 bridgehead atoms. The quantitative estimate of drug-likeness (QED) is 0.753. The second kappa shape index (κ2) is 6.71. The van der Waals surface area contributed by atoms with Crippen LogP contribution in [0.25, 0.3) is 12.3 Å². The van der Waals surface area contributed by atoms with Gasteiger partial charge in [-0.15, -0.1) is 0 Å².